The lowest BCUT2D eigenvalue weighted by atomic mass is 10.0. The summed E-state index contributed by atoms with van der Waals surface area (Å²) in [5.74, 6) is 7.46. The Bertz CT molecular complexity index is 442. The fraction of sp³-hybridized carbons (Fsp3) is 0.733. The lowest BCUT2D eigenvalue weighted by Gasteiger charge is -2.30. The number of nitrogens with one attached hydrogen (secondary N) is 2. The van der Waals surface area contributed by atoms with E-state index in [-0.39, 0.29) is 0 Å². The summed E-state index contributed by atoms with van der Waals surface area (Å²) in [6, 6.07) is 0.348. The minimum absolute atomic E-state index is 0.307. The summed E-state index contributed by atoms with van der Waals surface area (Å²) in [5, 5.41) is 3.53. The van der Waals surface area contributed by atoms with Crippen LogP contribution in [0.1, 0.15) is 51.5 Å². The molecule has 2 rings (SSSR count). The molecule has 1 atom stereocenters. The van der Waals surface area contributed by atoms with Gasteiger partial charge in [-0.15, -0.1) is 0 Å². The lowest BCUT2D eigenvalue weighted by molar-refractivity contribution is 0.223. The zero-order valence-electron chi connectivity index (χ0n) is 13.4. The van der Waals surface area contributed by atoms with Crippen molar-refractivity contribution in [3.05, 3.63) is 11.9 Å². The van der Waals surface area contributed by atoms with Crippen LogP contribution >= 0.6 is 0 Å². The van der Waals surface area contributed by atoms with Crippen molar-refractivity contribution < 1.29 is 0 Å². The highest BCUT2D eigenvalue weighted by Gasteiger charge is 2.18. The molecule has 0 spiro atoms. The van der Waals surface area contributed by atoms with Crippen molar-refractivity contribution in [2.75, 3.05) is 30.4 Å². The average molecular weight is 292 g/mol. The van der Waals surface area contributed by atoms with Gasteiger partial charge in [0.05, 0.1) is 0 Å². The maximum atomic E-state index is 5.56. The third-order valence-corrected chi connectivity index (χ3v) is 3.96. The Kier molecular flexibility index (Phi) is 5.76. The van der Waals surface area contributed by atoms with Gasteiger partial charge in [0.1, 0.15) is 18.0 Å². The minimum atomic E-state index is 0.307. The molecule has 0 radical (unpaired) electrons. The molecule has 4 N–H and O–H groups in total. The molecule has 6 heteroatoms. The second kappa shape index (κ2) is 7.56. The summed E-state index contributed by atoms with van der Waals surface area (Å²) in [6.45, 7) is 9.92. The summed E-state index contributed by atoms with van der Waals surface area (Å²) in [6.07, 6.45) is 5.56. The van der Waals surface area contributed by atoms with Gasteiger partial charge in [0.2, 0.25) is 0 Å². The van der Waals surface area contributed by atoms with Gasteiger partial charge in [0.25, 0.3) is 0 Å². The number of rotatable bonds is 6. The predicted octanol–water partition coefficient (Wildman–Crippen LogP) is 2.17. The van der Waals surface area contributed by atoms with E-state index in [1.54, 1.807) is 6.33 Å². The Morgan fingerprint density at radius 2 is 1.81 bits per heavy atom. The molecule has 0 aliphatic carbocycles. The quantitative estimate of drug-likeness (QED) is 0.551. The molecule has 1 saturated heterocycles. The summed E-state index contributed by atoms with van der Waals surface area (Å²) in [4.78, 5) is 11.1. The van der Waals surface area contributed by atoms with Gasteiger partial charge in [-0.1, -0.05) is 20.3 Å². The molecule has 1 aliphatic heterocycles. The van der Waals surface area contributed by atoms with Crippen LogP contribution in [0.2, 0.25) is 0 Å². The van der Waals surface area contributed by atoms with E-state index >= 15 is 0 Å². The fourth-order valence-electron chi connectivity index (χ4n) is 2.98. The molecule has 1 aliphatic rings. The number of nitrogens with zero attached hydrogens (tertiary/aromatic N) is 3. The van der Waals surface area contributed by atoms with E-state index in [4.69, 9.17) is 5.84 Å². The zero-order chi connectivity index (χ0) is 15.2. The number of nitrogens with two attached hydrogens (primary N) is 1. The van der Waals surface area contributed by atoms with Gasteiger partial charge in [-0.2, -0.15) is 0 Å². The van der Waals surface area contributed by atoms with Crippen molar-refractivity contribution in [1.29, 1.82) is 0 Å². The molecule has 2 heterocycles. The van der Waals surface area contributed by atoms with Crippen LogP contribution in [-0.2, 0) is 0 Å². The molecule has 1 aromatic rings. The number of hydrogen-bond donors (Lipinski definition) is 3. The van der Waals surface area contributed by atoms with E-state index in [1.165, 1.54) is 32.4 Å². The number of anilines is 2. The topological polar surface area (TPSA) is 79.1 Å². The first kappa shape index (κ1) is 16.0. The molecule has 1 fully saturated rings. The van der Waals surface area contributed by atoms with Gasteiger partial charge in [0, 0.05) is 18.2 Å². The van der Waals surface area contributed by atoms with Crippen molar-refractivity contribution in [2.24, 2.45) is 5.84 Å². The summed E-state index contributed by atoms with van der Waals surface area (Å²) in [5.41, 5.74) is 3.72. The minimum Gasteiger partial charge on any atom is -0.366 e. The van der Waals surface area contributed by atoms with Crippen molar-refractivity contribution in [2.45, 2.75) is 52.0 Å². The molecule has 1 unspecified atom stereocenters. The molecule has 118 valence electrons. The number of likely N-dealkylation sites (tertiary alicyclic amines) is 1. The van der Waals surface area contributed by atoms with Gasteiger partial charge in [-0.05, 0) is 38.8 Å². The molecular weight excluding hydrogens is 264 g/mol. The number of hydrazine groups is 1. The normalized spacial score (nSPS) is 17.8. The van der Waals surface area contributed by atoms with E-state index in [2.05, 4.69) is 46.4 Å². The van der Waals surface area contributed by atoms with Crippen LogP contribution < -0.4 is 16.6 Å². The third kappa shape index (κ3) is 4.28. The van der Waals surface area contributed by atoms with E-state index in [0.29, 0.717) is 17.8 Å². The fourth-order valence-corrected chi connectivity index (χ4v) is 2.98. The summed E-state index contributed by atoms with van der Waals surface area (Å²) in [7, 11) is 0. The van der Waals surface area contributed by atoms with Crippen LogP contribution in [0.15, 0.2) is 6.33 Å². The predicted molar refractivity (Wildman–Crippen MR) is 87.3 cm³/mol. The van der Waals surface area contributed by atoms with E-state index < -0.39 is 0 Å². The van der Waals surface area contributed by atoms with E-state index in [9.17, 15) is 0 Å². The van der Waals surface area contributed by atoms with Gasteiger partial charge in [-0.3, -0.25) is 0 Å². The van der Waals surface area contributed by atoms with Gasteiger partial charge >= 0.3 is 0 Å². The maximum absolute atomic E-state index is 5.56. The molecular formula is C15H28N6. The third-order valence-electron chi connectivity index (χ3n) is 3.96. The molecule has 0 aromatic carbocycles. The average Bonchev–Trinajstić information content (AvgIpc) is 2.47. The Hall–Kier alpha value is -1.40. The monoisotopic (exact) mass is 292 g/mol. The Morgan fingerprint density at radius 3 is 2.43 bits per heavy atom. The van der Waals surface area contributed by atoms with Crippen molar-refractivity contribution in [3.8, 4) is 0 Å². The Labute approximate surface area is 127 Å². The molecule has 21 heavy (non-hydrogen) atoms. The van der Waals surface area contributed by atoms with Crippen LogP contribution in [0.5, 0.6) is 0 Å². The zero-order valence-corrected chi connectivity index (χ0v) is 13.4. The van der Waals surface area contributed by atoms with Crippen molar-refractivity contribution >= 4 is 11.6 Å². The first-order valence-corrected chi connectivity index (χ1v) is 7.92. The van der Waals surface area contributed by atoms with Gasteiger partial charge in [-0.25, -0.2) is 15.8 Å². The molecule has 6 nitrogen and oxygen atoms in total. The van der Waals surface area contributed by atoms with Crippen molar-refractivity contribution in [1.82, 2.24) is 14.9 Å². The van der Waals surface area contributed by atoms with Crippen LogP contribution in [0.4, 0.5) is 11.6 Å². The Balaban J connectivity index is 2.04. The molecule has 0 bridgehead atoms. The van der Waals surface area contributed by atoms with E-state index in [1.807, 2.05) is 0 Å². The van der Waals surface area contributed by atoms with Crippen LogP contribution in [0.25, 0.3) is 0 Å². The lowest BCUT2D eigenvalue weighted by Crippen LogP contribution is -2.38. The second-order valence-electron chi connectivity index (χ2n) is 6.19. The van der Waals surface area contributed by atoms with Gasteiger partial charge in [0.15, 0.2) is 0 Å². The van der Waals surface area contributed by atoms with E-state index in [0.717, 1.165) is 17.9 Å². The van der Waals surface area contributed by atoms with Gasteiger partial charge < -0.3 is 15.6 Å². The highest BCUT2D eigenvalue weighted by Crippen LogP contribution is 2.28. The van der Waals surface area contributed by atoms with Crippen LogP contribution in [-0.4, -0.2) is 40.5 Å². The first-order valence-electron chi connectivity index (χ1n) is 7.92. The Morgan fingerprint density at radius 1 is 1.14 bits per heavy atom. The molecule has 1 aromatic heterocycles. The number of aromatic nitrogens is 2. The number of hydrogen-bond acceptors (Lipinski definition) is 6. The first-order chi connectivity index (χ1) is 10.1. The highest BCUT2D eigenvalue weighted by molar-refractivity contribution is 5.58. The highest BCUT2D eigenvalue weighted by atomic mass is 15.3. The number of nitrogen functional groups attached to an aromatic ring is 1. The largest absolute Gasteiger partial charge is 0.366 e. The SMILES string of the molecule is CC(CN1CCCCC1)Nc1ncnc(NN)c1C(C)C. The summed E-state index contributed by atoms with van der Waals surface area (Å²) >= 11 is 0. The van der Waals surface area contributed by atoms with Crippen molar-refractivity contribution in [3.63, 3.8) is 0 Å². The van der Waals surface area contributed by atoms with Crippen LogP contribution in [0, 0.1) is 0 Å². The smallest absolute Gasteiger partial charge is 0.148 e. The second-order valence-corrected chi connectivity index (χ2v) is 6.19. The van der Waals surface area contributed by atoms with Crippen LogP contribution in [0.3, 0.4) is 0 Å². The molecule has 0 saturated carbocycles. The maximum Gasteiger partial charge on any atom is 0.148 e. The number of piperidine rings is 1. The molecule has 0 amide bonds. The standard InChI is InChI=1S/C15H28N6/c1-11(2)13-14(17-10-18-15(13)20-16)19-12(3)9-21-7-5-4-6-8-21/h10-12H,4-9,16H2,1-3H3,(H2,17,18,19,20). The summed E-state index contributed by atoms with van der Waals surface area (Å²) < 4.78 is 0.